The van der Waals surface area contributed by atoms with Crippen molar-refractivity contribution in [2.24, 2.45) is 20.7 Å². The molecule has 0 aliphatic carbocycles. The standard InChI is InChI=1S/C28H25F4N5O3.C28H27F4N5O2.C19H17ClN4O3.C9H9F4N/c1-13(8-17-24(31)18(29)12-19(30)25(17)32)34-20-4-5-33-26(38)23(20)22-10-14-9-15-16(11-21(14)35-22)28(40)37(27(15)39)7-6-36(2)3;1-14(8-18-25(31)19(29)12-20(30)26(18)32)34-21-4-5-33-27(38)24(21)23-10-15-9-17-16(11-22(15)35-23)13-37(28(17)39)7-6-36(2)3;1-23(2)5-6-24-18(26)11-7-10-8-15(16-13(20)3-4-21-17(16)25)22-14(10)9-12(11)19(24)27;1-4(14)2-5-8(12)6(10)3-7(11)9(5)13/h4-5,9,11-13H,6-8,10H2,1-3H3,(H2,33,34,38);4-5,9,11-12,14H,6-8,10,13H2,1-3H3,(H2,33,34,38);3-4,7,9H,5-6,8H2,1-2H3,(H,21,25);3-4H,2,14H2,1H3/t13-;14-;;4-/m00.0/s1. The predicted molar refractivity (Wildman–Crippen MR) is 426 cm³/mol. The quantitative estimate of drug-likeness (QED) is 0.0209. The molecule has 0 bridgehead atoms. The molecule has 9 heterocycles. The van der Waals surface area contributed by atoms with Gasteiger partial charge < -0.3 is 50.9 Å². The number of carbonyl (C=O) groups is 5. The van der Waals surface area contributed by atoms with Crippen LogP contribution in [0.2, 0.25) is 5.02 Å². The number of fused-ring (bicyclic) bond motifs is 6. The van der Waals surface area contributed by atoms with Crippen molar-refractivity contribution >= 4 is 86.7 Å². The van der Waals surface area contributed by atoms with Crippen molar-refractivity contribution in [1.82, 2.24) is 44.4 Å². The molecule has 0 unspecified atom stereocenters. The fraction of sp³-hybridized carbons (Fsp3) is 0.298. The van der Waals surface area contributed by atoms with Crippen LogP contribution in [0.5, 0.6) is 0 Å². The Balaban J connectivity index is 0.000000155. The normalized spacial score (nSPS) is 14.9. The minimum atomic E-state index is -1.50. The maximum atomic E-state index is 14.2. The molecule has 23 nitrogen and oxygen atoms in total. The number of likely N-dealkylation sites (N-methyl/N-ethyl adjacent to an activating group) is 3. The molecule has 3 atom stereocenters. The lowest BCUT2D eigenvalue weighted by molar-refractivity contribution is 0.0629. The maximum absolute atomic E-state index is 14.2. The Kier molecular flexibility index (Phi) is 26.0. The third-order valence-electron chi connectivity index (χ3n) is 20.4. The van der Waals surface area contributed by atoms with Gasteiger partial charge in [0.1, 0.15) is 0 Å². The van der Waals surface area contributed by atoms with E-state index in [1.54, 1.807) is 55.1 Å². The first-order valence-electron chi connectivity index (χ1n) is 37.5. The summed E-state index contributed by atoms with van der Waals surface area (Å²) in [7, 11) is 11.4. The van der Waals surface area contributed by atoms with Crippen LogP contribution < -0.4 is 33.0 Å². The van der Waals surface area contributed by atoms with Crippen molar-refractivity contribution in [2.75, 3.05) is 92.2 Å². The van der Waals surface area contributed by atoms with Crippen LogP contribution in [-0.4, -0.2) is 191 Å². The first-order chi connectivity index (χ1) is 56.8. The first-order valence-corrected chi connectivity index (χ1v) is 37.9. The number of pyridine rings is 3. The molecule has 628 valence electrons. The average molecular weight is 1690 g/mol. The van der Waals surface area contributed by atoms with E-state index in [1.807, 2.05) is 69.1 Å². The highest BCUT2D eigenvalue weighted by molar-refractivity contribution is 6.34. The van der Waals surface area contributed by atoms with Crippen LogP contribution in [-0.2, 0) is 45.1 Å². The molecule has 0 saturated heterocycles. The number of imide groups is 2. The third-order valence-corrected chi connectivity index (χ3v) is 20.7. The number of amides is 5. The number of nitrogens with two attached hydrogens (primary N) is 1. The van der Waals surface area contributed by atoms with Crippen LogP contribution in [0.4, 0.5) is 81.1 Å². The highest BCUT2D eigenvalue weighted by atomic mass is 35.5. The number of H-pyrrole nitrogens is 3. The minimum absolute atomic E-state index is 0.0370. The Morgan fingerprint density at radius 1 is 0.408 bits per heavy atom. The van der Waals surface area contributed by atoms with Gasteiger partial charge >= 0.3 is 0 Å². The molecule has 0 fully saturated rings. The van der Waals surface area contributed by atoms with Crippen LogP contribution in [0.15, 0.2) is 121 Å². The van der Waals surface area contributed by atoms with E-state index in [0.29, 0.717) is 118 Å². The van der Waals surface area contributed by atoms with Crippen molar-refractivity contribution in [3.8, 4) is 0 Å². The number of hydrogen-bond acceptors (Lipinski definition) is 17. The molecule has 9 aromatic rings. The van der Waals surface area contributed by atoms with Gasteiger partial charge in [0.05, 0.1) is 89.5 Å². The fourth-order valence-corrected chi connectivity index (χ4v) is 14.7. The lowest BCUT2D eigenvalue weighted by atomic mass is 9.99. The number of carbonyl (C=O) groups excluding carboxylic acids is 5. The Hall–Kier alpha value is -12.2. The molecular weight excluding hydrogens is 1610 g/mol. The molecule has 3 aromatic heterocycles. The van der Waals surface area contributed by atoms with Crippen molar-refractivity contribution in [1.29, 1.82) is 0 Å². The van der Waals surface area contributed by atoms with Crippen molar-refractivity contribution in [2.45, 2.75) is 84.0 Å². The van der Waals surface area contributed by atoms with Crippen molar-refractivity contribution in [3.05, 3.63) is 281 Å². The van der Waals surface area contributed by atoms with Gasteiger partial charge in [-0.3, -0.25) is 63.1 Å². The molecule has 6 aliphatic rings. The van der Waals surface area contributed by atoms with Gasteiger partial charge in [-0.15, -0.1) is 0 Å². The Morgan fingerprint density at radius 2 is 0.725 bits per heavy atom. The molecule has 6 aliphatic heterocycles. The van der Waals surface area contributed by atoms with Gasteiger partial charge in [-0.1, -0.05) is 11.6 Å². The van der Waals surface area contributed by atoms with Gasteiger partial charge in [-0.25, -0.2) is 52.7 Å². The van der Waals surface area contributed by atoms with E-state index < -0.39 is 128 Å². The molecule has 15 rings (SSSR count). The van der Waals surface area contributed by atoms with Gasteiger partial charge in [0.2, 0.25) is 0 Å². The largest absolute Gasteiger partial charge is 0.382 e. The summed E-state index contributed by atoms with van der Waals surface area (Å²) >= 11 is 6.16. The Bertz CT molecular complexity index is 5910. The number of hydrogen-bond donors (Lipinski definition) is 6. The smallest absolute Gasteiger partial charge is 0.261 e. The molecule has 0 saturated carbocycles. The Labute approximate surface area is 682 Å². The fourth-order valence-electron chi connectivity index (χ4n) is 14.4. The maximum Gasteiger partial charge on any atom is 0.261 e. The molecule has 0 spiro atoms. The number of nitrogens with one attached hydrogen (secondary N) is 5. The molecule has 5 amide bonds. The van der Waals surface area contributed by atoms with Crippen molar-refractivity contribution in [3.63, 3.8) is 0 Å². The van der Waals surface area contributed by atoms with Crippen LogP contribution >= 0.6 is 11.6 Å². The summed E-state index contributed by atoms with van der Waals surface area (Å²) in [6.45, 7) is 8.18. The molecule has 6 aromatic carbocycles. The van der Waals surface area contributed by atoms with Gasteiger partial charge in [0.15, 0.2) is 69.8 Å². The minimum Gasteiger partial charge on any atom is -0.382 e. The number of halogens is 13. The number of nitrogens with zero attached hydrogens (tertiary/aromatic N) is 9. The van der Waals surface area contributed by atoms with Crippen molar-refractivity contribution < 1.29 is 76.7 Å². The predicted octanol–water partition coefficient (Wildman–Crippen LogP) is 12.0. The number of benzene rings is 6. The zero-order valence-electron chi connectivity index (χ0n) is 65.9. The van der Waals surface area contributed by atoms with E-state index in [9.17, 15) is 91.0 Å². The van der Waals surface area contributed by atoms with Gasteiger partial charge in [-0.05, 0) is 159 Å². The summed E-state index contributed by atoms with van der Waals surface area (Å²) in [6.07, 6.45) is 4.13. The summed E-state index contributed by atoms with van der Waals surface area (Å²) in [6, 6.07) is 13.4. The van der Waals surface area contributed by atoms with Crippen LogP contribution in [0, 0.1) is 69.8 Å². The van der Waals surface area contributed by atoms with E-state index in [4.69, 9.17) is 17.3 Å². The number of rotatable bonds is 22. The summed E-state index contributed by atoms with van der Waals surface area (Å²) in [5, 5.41) is 6.34. The second-order valence-electron chi connectivity index (χ2n) is 30.3. The summed E-state index contributed by atoms with van der Waals surface area (Å²) in [5.41, 5.74) is 11.4. The highest BCUT2D eigenvalue weighted by Gasteiger charge is 2.40. The van der Waals surface area contributed by atoms with E-state index in [2.05, 4.69) is 40.6 Å². The lowest BCUT2D eigenvalue weighted by Crippen LogP contribution is -2.35. The number of aromatic amines is 3. The van der Waals surface area contributed by atoms with E-state index in [1.165, 1.54) is 41.4 Å². The van der Waals surface area contributed by atoms with Crippen LogP contribution in [0.1, 0.15) is 128 Å². The number of aliphatic imine (C=N–C) groups is 3. The SMILES string of the molecule is CN(C)CCN1C(=O)c2cc3c(cc2C1=O)N=C(c1c(Cl)cc[nH]c1=O)C3.C[C@@H](Cc1c(F)c(F)cc(F)c1F)Nc1cc[nH]c(=O)c1C1=Nc2cc3c(cc2C1)C(=O)N(CCN(C)C)C3.C[C@@H](Cc1c(F)c(F)cc(F)c1F)Nc1cc[nH]c(=O)c1C1=Nc2cc3c(cc2C1)C(=O)N(CCN(C)C)C3=O.C[C@H](N)Cc1c(F)c(F)cc(F)c1F. The highest BCUT2D eigenvalue weighted by Crippen LogP contribution is 2.40. The molecule has 7 N–H and O–H groups in total. The monoisotopic (exact) mass is 1690 g/mol. The number of anilines is 2. The third kappa shape index (κ3) is 18.2. The second kappa shape index (κ2) is 35.8. The van der Waals surface area contributed by atoms with E-state index in [-0.39, 0.29) is 101 Å². The summed E-state index contributed by atoms with van der Waals surface area (Å²) in [5.74, 6) is -18.8. The topological polar surface area (TPSA) is 291 Å². The Morgan fingerprint density at radius 3 is 1.08 bits per heavy atom. The van der Waals surface area contributed by atoms with Crippen LogP contribution in [0.25, 0.3) is 0 Å². The molecule has 36 heteroatoms. The molecular formula is C84H78ClF12N15O8. The second-order valence-corrected chi connectivity index (χ2v) is 30.7. The van der Waals surface area contributed by atoms with Crippen LogP contribution in [0.3, 0.4) is 0 Å². The summed E-state index contributed by atoms with van der Waals surface area (Å²) in [4.78, 5) is 134. The van der Waals surface area contributed by atoms with Gasteiger partial charge in [-0.2, -0.15) is 0 Å². The van der Waals surface area contributed by atoms with E-state index in [0.717, 1.165) is 23.2 Å². The molecule has 0 radical (unpaired) electrons. The lowest BCUT2D eigenvalue weighted by Gasteiger charge is -2.18. The first kappa shape index (κ1) is 87.1. The molecule has 120 heavy (non-hydrogen) atoms. The number of aromatic nitrogens is 3. The van der Waals surface area contributed by atoms with Gasteiger partial charge in [0, 0.05) is 142 Å². The zero-order chi connectivity index (χ0) is 87.1. The van der Waals surface area contributed by atoms with E-state index >= 15 is 0 Å². The van der Waals surface area contributed by atoms with Gasteiger partial charge in [0.25, 0.3) is 46.2 Å². The average Bonchev–Trinajstić information content (AvgIpc) is 1.61. The zero-order valence-corrected chi connectivity index (χ0v) is 66.6. The summed E-state index contributed by atoms with van der Waals surface area (Å²) < 4.78 is 163.